The molecule has 6 heteroatoms. The fraction of sp³-hybridized carbons (Fsp3) is 0.0588. The minimum atomic E-state index is -0.347. The van der Waals surface area contributed by atoms with E-state index in [4.69, 9.17) is 0 Å². The summed E-state index contributed by atoms with van der Waals surface area (Å²) in [6, 6.07) is 15.3. The Hall–Kier alpha value is -3.28. The van der Waals surface area contributed by atoms with E-state index in [2.05, 4.69) is 25.5 Å². The number of hydrogen-bond acceptors (Lipinski definition) is 4. The van der Waals surface area contributed by atoms with Crippen molar-refractivity contribution < 1.29 is 4.79 Å². The Kier molecular flexibility index (Phi) is 3.20. The van der Waals surface area contributed by atoms with Gasteiger partial charge in [-0.2, -0.15) is 5.10 Å². The molecular formula is C17H13N5O. The lowest BCUT2D eigenvalue weighted by molar-refractivity contribution is -0.115. The van der Waals surface area contributed by atoms with E-state index < -0.39 is 0 Å². The summed E-state index contributed by atoms with van der Waals surface area (Å²) in [7, 11) is 0. The average molecular weight is 303 g/mol. The predicted octanol–water partition coefficient (Wildman–Crippen LogP) is 2.91. The smallest absolute Gasteiger partial charge is 0.237 e. The van der Waals surface area contributed by atoms with Gasteiger partial charge in [0, 0.05) is 17.5 Å². The Bertz CT molecular complexity index is 868. The van der Waals surface area contributed by atoms with Crippen molar-refractivity contribution >= 4 is 23.5 Å². The van der Waals surface area contributed by atoms with Crippen molar-refractivity contribution in [1.82, 2.24) is 15.2 Å². The number of para-hydroxylation sites is 1. The zero-order valence-corrected chi connectivity index (χ0v) is 12.1. The van der Waals surface area contributed by atoms with Gasteiger partial charge >= 0.3 is 0 Å². The van der Waals surface area contributed by atoms with Crippen LogP contribution < -0.4 is 5.32 Å². The second kappa shape index (κ2) is 5.49. The third kappa shape index (κ3) is 2.50. The molecule has 2 N–H and O–H groups in total. The highest BCUT2D eigenvalue weighted by molar-refractivity contribution is 6.12. The van der Waals surface area contributed by atoms with Gasteiger partial charge < -0.3 is 5.32 Å². The lowest BCUT2D eigenvalue weighted by Crippen LogP contribution is -2.12. The Labute approximate surface area is 132 Å². The van der Waals surface area contributed by atoms with E-state index in [1.54, 1.807) is 6.21 Å². The number of aromatic amines is 1. The number of carbonyl (C=O) groups excluding carboxylic acids is 1. The van der Waals surface area contributed by atoms with Crippen LogP contribution in [-0.2, 0) is 4.79 Å². The highest BCUT2D eigenvalue weighted by Crippen LogP contribution is 2.31. The van der Waals surface area contributed by atoms with Crippen LogP contribution in [0.25, 0.3) is 11.4 Å². The summed E-state index contributed by atoms with van der Waals surface area (Å²) >= 11 is 0. The maximum Gasteiger partial charge on any atom is 0.237 e. The zero-order valence-electron chi connectivity index (χ0n) is 12.1. The minimum absolute atomic E-state index is 0.0479. The third-order valence-corrected chi connectivity index (χ3v) is 3.76. The molecule has 0 bridgehead atoms. The van der Waals surface area contributed by atoms with E-state index in [1.165, 1.54) is 6.33 Å². The number of fused-ring (bicyclic) bond motifs is 1. The molecule has 0 aliphatic carbocycles. The first kappa shape index (κ1) is 13.4. The monoisotopic (exact) mass is 303 g/mol. The first-order valence-electron chi connectivity index (χ1n) is 7.21. The van der Waals surface area contributed by atoms with Gasteiger partial charge in [0.2, 0.25) is 5.91 Å². The summed E-state index contributed by atoms with van der Waals surface area (Å²) < 4.78 is 0. The largest absolute Gasteiger partial charge is 0.325 e. The molecule has 0 spiro atoms. The van der Waals surface area contributed by atoms with Crippen LogP contribution in [0, 0.1) is 0 Å². The molecule has 0 fully saturated rings. The molecule has 1 aromatic heterocycles. The van der Waals surface area contributed by atoms with Crippen LogP contribution in [0.2, 0.25) is 0 Å². The first-order chi connectivity index (χ1) is 11.3. The van der Waals surface area contributed by atoms with Crippen LogP contribution in [0.15, 0.2) is 59.9 Å². The van der Waals surface area contributed by atoms with Crippen molar-refractivity contribution in [1.29, 1.82) is 0 Å². The van der Waals surface area contributed by atoms with Crippen molar-refractivity contribution in [2.75, 3.05) is 5.32 Å². The molecule has 0 saturated heterocycles. The number of H-pyrrole nitrogens is 1. The Morgan fingerprint density at radius 1 is 1.09 bits per heavy atom. The summed E-state index contributed by atoms with van der Waals surface area (Å²) in [6.45, 7) is 0. The third-order valence-electron chi connectivity index (χ3n) is 3.76. The van der Waals surface area contributed by atoms with Gasteiger partial charge in [-0.1, -0.05) is 18.2 Å². The average Bonchev–Trinajstić information content (AvgIpc) is 3.21. The molecule has 1 atom stereocenters. The number of aliphatic imine (C=N–C) groups is 1. The molecule has 6 nitrogen and oxygen atoms in total. The van der Waals surface area contributed by atoms with E-state index in [1.807, 2.05) is 48.5 Å². The zero-order chi connectivity index (χ0) is 15.6. The van der Waals surface area contributed by atoms with Crippen LogP contribution in [0.4, 0.5) is 11.4 Å². The summed E-state index contributed by atoms with van der Waals surface area (Å²) in [5.41, 5.74) is 3.53. The summed E-state index contributed by atoms with van der Waals surface area (Å²) in [5, 5.41) is 9.50. The molecule has 2 aromatic carbocycles. The normalized spacial score (nSPS) is 16.5. The van der Waals surface area contributed by atoms with Gasteiger partial charge in [-0.3, -0.25) is 14.9 Å². The number of aromatic nitrogens is 3. The fourth-order valence-electron chi connectivity index (χ4n) is 2.59. The topological polar surface area (TPSA) is 83.0 Å². The SMILES string of the molecule is O=C1Nc2ccccc2C1C=Nc1ccc(-c2ncn[nH]2)cc1. The fourth-order valence-corrected chi connectivity index (χ4v) is 2.59. The lowest BCUT2D eigenvalue weighted by atomic mass is 10.0. The van der Waals surface area contributed by atoms with E-state index in [9.17, 15) is 4.79 Å². The molecule has 4 rings (SSSR count). The van der Waals surface area contributed by atoms with E-state index in [0.717, 1.165) is 22.5 Å². The Morgan fingerprint density at radius 2 is 1.91 bits per heavy atom. The summed E-state index contributed by atoms with van der Waals surface area (Å²) in [5.74, 6) is 0.318. The van der Waals surface area contributed by atoms with Crippen LogP contribution in [0.3, 0.4) is 0 Å². The van der Waals surface area contributed by atoms with Gasteiger partial charge in [-0.15, -0.1) is 0 Å². The number of nitrogens with one attached hydrogen (secondary N) is 2. The van der Waals surface area contributed by atoms with Crippen LogP contribution >= 0.6 is 0 Å². The highest BCUT2D eigenvalue weighted by atomic mass is 16.2. The molecule has 0 radical (unpaired) electrons. The molecule has 1 unspecified atom stereocenters. The van der Waals surface area contributed by atoms with Crippen molar-refractivity contribution in [3.05, 3.63) is 60.4 Å². The van der Waals surface area contributed by atoms with E-state index in [-0.39, 0.29) is 11.8 Å². The van der Waals surface area contributed by atoms with Crippen LogP contribution in [0.5, 0.6) is 0 Å². The van der Waals surface area contributed by atoms with Crippen LogP contribution in [0.1, 0.15) is 11.5 Å². The molecular weight excluding hydrogens is 290 g/mol. The quantitative estimate of drug-likeness (QED) is 0.730. The number of nitrogens with zero attached hydrogens (tertiary/aromatic N) is 3. The number of benzene rings is 2. The summed E-state index contributed by atoms with van der Waals surface area (Å²) in [4.78, 5) is 20.6. The first-order valence-corrected chi connectivity index (χ1v) is 7.21. The maximum absolute atomic E-state index is 12.0. The van der Waals surface area contributed by atoms with Crippen molar-refractivity contribution in [2.45, 2.75) is 5.92 Å². The second-order valence-electron chi connectivity index (χ2n) is 5.21. The van der Waals surface area contributed by atoms with Crippen molar-refractivity contribution in [3.63, 3.8) is 0 Å². The molecule has 3 aromatic rings. The maximum atomic E-state index is 12.0. The molecule has 1 amide bonds. The number of anilines is 1. The van der Waals surface area contributed by atoms with Gasteiger partial charge in [0.1, 0.15) is 12.2 Å². The van der Waals surface area contributed by atoms with Crippen molar-refractivity contribution in [3.8, 4) is 11.4 Å². The second-order valence-corrected chi connectivity index (χ2v) is 5.21. The summed E-state index contributed by atoms with van der Waals surface area (Å²) in [6.07, 6.45) is 3.15. The number of carbonyl (C=O) groups is 1. The van der Waals surface area contributed by atoms with Gasteiger partial charge in [-0.05, 0) is 35.9 Å². The van der Waals surface area contributed by atoms with Gasteiger partial charge in [-0.25, -0.2) is 4.98 Å². The predicted molar refractivity (Wildman–Crippen MR) is 87.8 cm³/mol. The number of hydrogen-bond donors (Lipinski definition) is 2. The van der Waals surface area contributed by atoms with E-state index >= 15 is 0 Å². The van der Waals surface area contributed by atoms with Crippen LogP contribution in [-0.4, -0.2) is 27.3 Å². The standard InChI is InChI=1S/C17H13N5O/c23-17-14(13-3-1-2-4-15(13)21-17)9-18-12-7-5-11(6-8-12)16-19-10-20-22-16/h1-10,14H,(H,21,23)(H,19,20,22). The van der Waals surface area contributed by atoms with E-state index in [0.29, 0.717) is 5.82 Å². The lowest BCUT2D eigenvalue weighted by Gasteiger charge is -2.02. The van der Waals surface area contributed by atoms with Gasteiger partial charge in [0.25, 0.3) is 0 Å². The molecule has 23 heavy (non-hydrogen) atoms. The molecule has 0 saturated carbocycles. The molecule has 1 aliphatic heterocycles. The Balaban J connectivity index is 1.56. The minimum Gasteiger partial charge on any atom is -0.325 e. The molecule has 1 aliphatic rings. The van der Waals surface area contributed by atoms with Crippen molar-refractivity contribution in [2.24, 2.45) is 4.99 Å². The molecule has 2 heterocycles. The van der Waals surface area contributed by atoms with Gasteiger partial charge in [0.15, 0.2) is 5.82 Å². The number of amides is 1. The molecule has 112 valence electrons. The van der Waals surface area contributed by atoms with Gasteiger partial charge in [0.05, 0.1) is 5.69 Å². The highest BCUT2D eigenvalue weighted by Gasteiger charge is 2.28. The number of rotatable bonds is 3. The Morgan fingerprint density at radius 3 is 2.70 bits per heavy atom.